The van der Waals surface area contributed by atoms with Gasteiger partial charge in [-0.1, -0.05) is 178 Å². The maximum Gasteiger partial charge on any atom is 0.193 e. The van der Waals surface area contributed by atoms with Crippen molar-refractivity contribution in [2.75, 3.05) is 24.6 Å². The Morgan fingerprint density at radius 1 is 0.396 bits per heavy atom. The summed E-state index contributed by atoms with van der Waals surface area (Å²) in [5.41, 5.74) is 2.92. The molecule has 0 saturated carbocycles. The molecule has 0 aliphatic rings. The summed E-state index contributed by atoms with van der Waals surface area (Å²) in [6, 6.07) is 61.9. The van der Waals surface area contributed by atoms with Crippen molar-refractivity contribution in [2.45, 2.75) is 13.8 Å². The van der Waals surface area contributed by atoms with E-state index < -0.39 is 0 Å². The van der Waals surface area contributed by atoms with Gasteiger partial charge in [0.2, 0.25) is 0 Å². The van der Waals surface area contributed by atoms with E-state index in [2.05, 4.69) is 157 Å². The first-order valence-electron chi connectivity index (χ1n) is 16.1. The molecule has 0 atom stereocenters. The minimum atomic E-state index is -0.366. The summed E-state index contributed by atoms with van der Waals surface area (Å²) in [4.78, 5) is 3.42. The number of hydrogen-bond donors (Lipinski definition) is 0. The van der Waals surface area contributed by atoms with E-state index >= 15 is 0 Å². The molecule has 6 aromatic rings. The van der Waals surface area contributed by atoms with Crippen molar-refractivity contribution in [2.24, 2.45) is 0 Å². The van der Waals surface area contributed by atoms with Gasteiger partial charge >= 0.3 is 0 Å². The van der Waals surface area contributed by atoms with Crippen LogP contribution in [0.4, 0.5) is 5.69 Å². The third kappa shape index (κ3) is 10.8. The summed E-state index contributed by atoms with van der Waals surface area (Å²) < 4.78 is 0. The van der Waals surface area contributed by atoms with Crippen LogP contribution in [0.5, 0.6) is 0 Å². The molecule has 0 amide bonds. The fourth-order valence-corrected chi connectivity index (χ4v) is 14.3. The first-order chi connectivity index (χ1) is 23.1. The second kappa shape index (κ2) is 20.2. The molecule has 48 heavy (non-hydrogen) atoms. The summed E-state index contributed by atoms with van der Waals surface area (Å²) in [5.74, 6) is 0. The molecule has 0 saturated heterocycles. The SMILES string of the molecule is [C-]#[N+]c1c(C)cccc1C.[Ni].c1ccc(P(CCP(c2ccccc2)c2ccccc2)CCP(c2ccccc2)c2ccccc2)cc1. The molecule has 0 unspecified atom stereocenters. The topological polar surface area (TPSA) is 4.36 Å². The largest absolute Gasteiger partial charge is 0.238 e. The summed E-state index contributed by atoms with van der Waals surface area (Å²) in [5, 5.41) is 7.50. The quantitative estimate of drug-likeness (QED) is 0.0713. The van der Waals surface area contributed by atoms with E-state index in [1.54, 1.807) is 5.30 Å². The Kier molecular flexibility index (Phi) is 15.7. The van der Waals surface area contributed by atoms with Crippen LogP contribution in [0.2, 0.25) is 0 Å². The van der Waals surface area contributed by atoms with E-state index in [-0.39, 0.29) is 40.3 Å². The normalized spacial score (nSPS) is 10.6. The van der Waals surface area contributed by atoms with Gasteiger partial charge in [-0.3, -0.25) is 0 Å². The van der Waals surface area contributed by atoms with Crippen molar-refractivity contribution < 1.29 is 16.5 Å². The van der Waals surface area contributed by atoms with Crippen LogP contribution in [-0.4, -0.2) is 24.6 Å². The Balaban J connectivity index is 0.000000407. The molecule has 0 bridgehead atoms. The Hall–Kier alpha value is -3.41. The van der Waals surface area contributed by atoms with Gasteiger partial charge in [0.05, 0.1) is 6.57 Å². The third-order valence-corrected chi connectivity index (χ3v) is 16.4. The van der Waals surface area contributed by atoms with Crippen molar-refractivity contribution >= 4 is 56.0 Å². The van der Waals surface area contributed by atoms with Crippen LogP contribution < -0.4 is 26.5 Å². The van der Waals surface area contributed by atoms with Crippen LogP contribution >= 0.6 is 23.8 Å². The van der Waals surface area contributed by atoms with E-state index in [1.165, 1.54) is 45.9 Å². The first kappa shape index (κ1) is 37.4. The second-order valence-corrected chi connectivity index (χ2v) is 18.5. The minimum absolute atomic E-state index is 0. The molecule has 0 N–H and O–H groups in total. The Morgan fingerprint density at radius 2 is 0.688 bits per heavy atom. The molecular weight excluding hydrogens is 682 g/mol. The van der Waals surface area contributed by atoms with Crippen molar-refractivity contribution in [3.8, 4) is 0 Å². The average molecular weight is 724 g/mol. The first-order valence-corrected chi connectivity index (χ1v) is 20.9. The molecule has 0 radical (unpaired) electrons. The molecule has 0 spiro atoms. The Morgan fingerprint density at radius 3 is 0.958 bits per heavy atom. The molecule has 6 aromatic carbocycles. The predicted molar refractivity (Wildman–Crippen MR) is 213 cm³/mol. The zero-order valence-corrected chi connectivity index (χ0v) is 31.3. The zero-order chi connectivity index (χ0) is 32.7. The van der Waals surface area contributed by atoms with Crippen molar-refractivity contribution in [3.05, 3.63) is 192 Å². The molecule has 6 rings (SSSR count). The van der Waals surface area contributed by atoms with Crippen LogP contribution in [0.15, 0.2) is 170 Å². The Bertz CT molecular complexity index is 1630. The number of nitrogens with zero attached hydrogens (tertiary/aromatic N) is 1. The average Bonchev–Trinajstić information content (AvgIpc) is 3.13. The summed E-state index contributed by atoms with van der Waals surface area (Å²) >= 11 is 0. The molecule has 244 valence electrons. The molecule has 0 heterocycles. The summed E-state index contributed by atoms with van der Waals surface area (Å²) in [6.07, 6.45) is 5.00. The molecule has 0 aliphatic heterocycles. The van der Waals surface area contributed by atoms with Crippen molar-refractivity contribution in [3.63, 3.8) is 0 Å². The van der Waals surface area contributed by atoms with Crippen molar-refractivity contribution in [1.82, 2.24) is 0 Å². The van der Waals surface area contributed by atoms with Crippen molar-refractivity contribution in [1.29, 1.82) is 0 Å². The maximum absolute atomic E-state index is 6.85. The molecule has 0 aliphatic carbocycles. The number of benzene rings is 6. The van der Waals surface area contributed by atoms with Gasteiger partial charge in [-0.2, -0.15) is 0 Å². The van der Waals surface area contributed by atoms with E-state index in [0.717, 1.165) is 16.8 Å². The van der Waals surface area contributed by atoms with Gasteiger partial charge < -0.3 is 0 Å². The van der Waals surface area contributed by atoms with Gasteiger partial charge in [0.25, 0.3) is 0 Å². The van der Waals surface area contributed by atoms with E-state index in [4.69, 9.17) is 6.57 Å². The maximum atomic E-state index is 6.85. The number of para-hydroxylation sites is 1. The number of rotatable bonds is 11. The van der Waals surface area contributed by atoms with Gasteiger partial charge in [-0.25, -0.2) is 4.85 Å². The van der Waals surface area contributed by atoms with Crippen LogP contribution in [0.3, 0.4) is 0 Å². The molecule has 0 fully saturated rings. The molecule has 1 nitrogen and oxygen atoms in total. The molecular formula is C43H42NNiP3. The Labute approximate surface area is 301 Å². The van der Waals surface area contributed by atoms with Crippen LogP contribution in [0.1, 0.15) is 11.1 Å². The summed E-state index contributed by atoms with van der Waals surface area (Å²) in [7, 11) is -0.982. The van der Waals surface area contributed by atoms with Gasteiger partial charge in [0.15, 0.2) is 5.69 Å². The van der Waals surface area contributed by atoms with Crippen LogP contribution in [0, 0.1) is 20.4 Å². The van der Waals surface area contributed by atoms with Gasteiger partial charge in [-0.15, -0.1) is 0 Å². The molecule has 0 aromatic heterocycles. The van der Waals surface area contributed by atoms with Crippen LogP contribution in [0.25, 0.3) is 4.85 Å². The van der Waals surface area contributed by atoms with Gasteiger partial charge in [0.1, 0.15) is 0 Å². The predicted octanol–water partition coefficient (Wildman–Crippen LogP) is 9.91. The number of aryl methyl sites for hydroxylation is 2. The third-order valence-electron chi connectivity index (χ3n) is 8.13. The van der Waals surface area contributed by atoms with E-state index in [0.29, 0.717) is 0 Å². The fourth-order valence-electron chi connectivity index (χ4n) is 5.68. The molecule has 5 heteroatoms. The monoisotopic (exact) mass is 723 g/mol. The fraction of sp³-hybridized carbons (Fsp3) is 0.140. The second-order valence-electron chi connectivity index (χ2n) is 11.3. The minimum Gasteiger partial charge on any atom is -0.238 e. The summed E-state index contributed by atoms with van der Waals surface area (Å²) in [6.45, 7) is 10.8. The van der Waals surface area contributed by atoms with E-state index in [9.17, 15) is 0 Å². The van der Waals surface area contributed by atoms with Gasteiger partial charge in [-0.05, 0) is 92.0 Å². The van der Waals surface area contributed by atoms with E-state index in [1.807, 2.05) is 32.0 Å². The smallest absolute Gasteiger partial charge is 0.193 e. The van der Waals surface area contributed by atoms with Gasteiger partial charge in [0, 0.05) is 16.5 Å². The standard InChI is InChI=1S/C34H33P3.C9H9N.Ni/c1-6-16-30(17-7-1)35(26-28-36(31-18-8-2-9-19-31)32-20-10-3-11-21-32)27-29-37(33-22-12-4-13-23-33)34-24-14-5-15-25-34;1-7-5-4-6-8(2)9(7)10-3;/h1-25H,26-29H2;4-6H,1-2H3;. The number of hydrogen-bond acceptors (Lipinski definition) is 0. The van der Waals surface area contributed by atoms with Crippen LogP contribution in [-0.2, 0) is 16.5 Å². The zero-order valence-electron chi connectivity index (χ0n) is 27.6.